The Kier molecular flexibility index (Phi) is 4.24. The van der Waals surface area contributed by atoms with Gasteiger partial charge in [-0.05, 0) is 24.7 Å². The van der Waals surface area contributed by atoms with E-state index in [1.807, 2.05) is 0 Å². The van der Waals surface area contributed by atoms with Crippen molar-refractivity contribution in [1.29, 1.82) is 0 Å². The summed E-state index contributed by atoms with van der Waals surface area (Å²) in [5.74, 6) is -0.0527. The van der Waals surface area contributed by atoms with Crippen molar-refractivity contribution in [3.8, 4) is 5.75 Å². The molecule has 1 aliphatic rings. The molecule has 1 saturated heterocycles. The van der Waals surface area contributed by atoms with Crippen LogP contribution >= 0.6 is 15.9 Å². The molecule has 2 rings (SSSR count). The van der Waals surface area contributed by atoms with E-state index >= 15 is 0 Å². The van der Waals surface area contributed by atoms with Gasteiger partial charge in [0, 0.05) is 30.7 Å². The molecule has 0 radical (unpaired) electrons. The highest BCUT2D eigenvalue weighted by molar-refractivity contribution is 9.10. The molecule has 4 nitrogen and oxygen atoms in total. The summed E-state index contributed by atoms with van der Waals surface area (Å²) in [5, 5.41) is 9.80. The highest BCUT2D eigenvalue weighted by Gasteiger charge is 2.23. The Morgan fingerprint density at radius 3 is 2.56 bits per heavy atom. The third kappa shape index (κ3) is 2.84. The third-order valence-electron chi connectivity index (χ3n) is 3.30. The molecule has 0 aliphatic carbocycles. The number of halogens is 1. The zero-order chi connectivity index (χ0) is 13.1. The van der Waals surface area contributed by atoms with E-state index in [1.165, 1.54) is 0 Å². The zero-order valence-corrected chi connectivity index (χ0v) is 12.0. The van der Waals surface area contributed by atoms with Crippen molar-refractivity contribution >= 4 is 21.8 Å². The number of hydrogen-bond acceptors (Lipinski definition) is 3. The van der Waals surface area contributed by atoms with Crippen LogP contribution in [0.15, 0.2) is 22.7 Å². The molecule has 1 aromatic rings. The summed E-state index contributed by atoms with van der Waals surface area (Å²) in [6.07, 6.45) is 0. The van der Waals surface area contributed by atoms with Crippen LogP contribution in [0.2, 0.25) is 0 Å². The Morgan fingerprint density at radius 1 is 1.33 bits per heavy atom. The van der Waals surface area contributed by atoms with Gasteiger partial charge in [-0.15, -0.1) is 0 Å². The zero-order valence-electron chi connectivity index (χ0n) is 10.4. The van der Waals surface area contributed by atoms with E-state index in [0.717, 1.165) is 37.2 Å². The number of nitrogens with zero attached hydrogens (tertiary/aromatic N) is 2. The molecule has 0 bridgehead atoms. The fourth-order valence-electron chi connectivity index (χ4n) is 2.12. The number of benzene rings is 1. The molecule has 1 fully saturated rings. The third-order valence-corrected chi connectivity index (χ3v) is 3.79. The molecule has 1 aliphatic heterocycles. The lowest BCUT2D eigenvalue weighted by Crippen LogP contribution is -2.48. The van der Waals surface area contributed by atoms with Gasteiger partial charge in [-0.2, -0.15) is 0 Å². The van der Waals surface area contributed by atoms with E-state index in [0.29, 0.717) is 5.56 Å². The molecule has 0 aromatic heterocycles. The van der Waals surface area contributed by atoms with E-state index in [9.17, 15) is 9.90 Å². The SMILES string of the molecule is CCN1CCN(C(=O)c2ccc(Br)cc2O)CC1. The van der Waals surface area contributed by atoms with E-state index in [-0.39, 0.29) is 11.7 Å². The molecule has 0 spiro atoms. The maximum atomic E-state index is 12.3. The minimum absolute atomic E-state index is 0.0345. The summed E-state index contributed by atoms with van der Waals surface area (Å²) in [6.45, 7) is 6.40. The van der Waals surface area contributed by atoms with Crippen LogP contribution < -0.4 is 0 Å². The van der Waals surface area contributed by atoms with Crippen molar-refractivity contribution in [2.75, 3.05) is 32.7 Å². The largest absolute Gasteiger partial charge is 0.507 e. The summed E-state index contributed by atoms with van der Waals surface area (Å²) in [5.41, 5.74) is 0.378. The number of rotatable bonds is 2. The van der Waals surface area contributed by atoms with Crippen LogP contribution in [0.25, 0.3) is 0 Å². The van der Waals surface area contributed by atoms with Gasteiger partial charge in [-0.3, -0.25) is 4.79 Å². The van der Waals surface area contributed by atoms with E-state index < -0.39 is 0 Å². The number of hydrogen-bond donors (Lipinski definition) is 1. The molecule has 1 aromatic carbocycles. The maximum Gasteiger partial charge on any atom is 0.257 e. The number of piperazine rings is 1. The van der Waals surface area contributed by atoms with Crippen molar-refractivity contribution < 1.29 is 9.90 Å². The lowest BCUT2D eigenvalue weighted by molar-refractivity contribution is 0.0640. The van der Waals surface area contributed by atoms with Crippen LogP contribution in [0.1, 0.15) is 17.3 Å². The van der Waals surface area contributed by atoms with Gasteiger partial charge in [0.2, 0.25) is 0 Å². The van der Waals surface area contributed by atoms with Gasteiger partial charge in [-0.25, -0.2) is 0 Å². The Morgan fingerprint density at radius 2 is 2.00 bits per heavy atom. The van der Waals surface area contributed by atoms with Gasteiger partial charge in [-0.1, -0.05) is 22.9 Å². The van der Waals surface area contributed by atoms with Gasteiger partial charge in [0.05, 0.1) is 5.56 Å². The van der Waals surface area contributed by atoms with Crippen molar-refractivity contribution in [2.24, 2.45) is 0 Å². The summed E-state index contributed by atoms with van der Waals surface area (Å²) in [7, 11) is 0. The fourth-order valence-corrected chi connectivity index (χ4v) is 2.47. The quantitative estimate of drug-likeness (QED) is 0.907. The lowest BCUT2D eigenvalue weighted by atomic mass is 10.1. The van der Waals surface area contributed by atoms with E-state index in [1.54, 1.807) is 23.1 Å². The van der Waals surface area contributed by atoms with Gasteiger partial charge in [0.1, 0.15) is 5.75 Å². The molecule has 18 heavy (non-hydrogen) atoms. The number of phenols is 1. The van der Waals surface area contributed by atoms with E-state index in [2.05, 4.69) is 27.8 Å². The second-order valence-electron chi connectivity index (χ2n) is 4.39. The minimum atomic E-state index is -0.0873. The number of carbonyl (C=O) groups is 1. The Labute approximate surface area is 115 Å². The van der Waals surface area contributed by atoms with Gasteiger partial charge in [0.25, 0.3) is 5.91 Å². The molecule has 1 N–H and O–H groups in total. The summed E-state index contributed by atoms with van der Waals surface area (Å²) in [4.78, 5) is 16.4. The maximum absolute atomic E-state index is 12.3. The van der Waals surface area contributed by atoms with Crippen LogP contribution in [-0.2, 0) is 0 Å². The number of phenolic OH excluding ortho intramolecular Hbond substituents is 1. The van der Waals surface area contributed by atoms with E-state index in [4.69, 9.17) is 0 Å². The molecule has 98 valence electrons. The lowest BCUT2D eigenvalue weighted by Gasteiger charge is -2.34. The minimum Gasteiger partial charge on any atom is -0.507 e. The average Bonchev–Trinajstić information content (AvgIpc) is 2.38. The van der Waals surface area contributed by atoms with Crippen molar-refractivity contribution in [2.45, 2.75) is 6.92 Å². The number of carbonyl (C=O) groups excluding carboxylic acids is 1. The molecule has 5 heteroatoms. The van der Waals surface area contributed by atoms with Gasteiger partial charge >= 0.3 is 0 Å². The van der Waals surface area contributed by atoms with Gasteiger partial charge in [0.15, 0.2) is 0 Å². The summed E-state index contributed by atoms with van der Waals surface area (Å²) >= 11 is 3.27. The predicted molar refractivity (Wildman–Crippen MR) is 73.8 cm³/mol. The van der Waals surface area contributed by atoms with Crippen molar-refractivity contribution in [1.82, 2.24) is 9.80 Å². The molecular formula is C13H17BrN2O2. The number of likely N-dealkylation sites (N-methyl/N-ethyl adjacent to an activating group) is 1. The van der Waals surface area contributed by atoms with Crippen LogP contribution in [0.4, 0.5) is 0 Å². The van der Waals surface area contributed by atoms with Crippen LogP contribution in [0, 0.1) is 0 Å². The average molecular weight is 313 g/mol. The summed E-state index contributed by atoms with van der Waals surface area (Å²) in [6, 6.07) is 4.98. The topological polar surface area (TPSA) is 43.8 Å². The molecule has 0 unspecified atom stereocenters. The number of aromatic hydroxyl groups is 1. The van der Waals surface area contributed by atoms with Crippen molar-refractivity contribution in [3.63, 3.8) is 0 Å². The first-order chi connectivity index (χ1) is 8.61. The van der Waals surface area contributed by atoms with Crippen LogP contribution in [0.5, 0.6) is 5.75 Å². The smallest absolute Gasteiger partial charge is 0.257 e. The second kappa shape index (κ2) is 5.71. The normalized spacial score (nSPS) is 16.9. The predicted octanol–water partition coefficient (Wildman–Crippen LogP) is 1.93. The molecule has 0 saturated carbocycles. The highest BCUT2D eigenvalue weighted by Crippen LogP contribution is 2.23. The first kappa shape index (κ1) is 13.4. The Hall–Kier alpha value is -1.07. The number of amides is 1. The highest BCUT2D eigenvalue weighted by atomic mass is 79.9. The molecule has 1 amide bonds. The standard InChI is InChI=1S/C13H17BrN2O2/c1-2-15-5-7-16(8-6-15)13(18)11-4-3-10(14)9-12(11)17/h3-4,9,17H,2,5-8H2,1H3. The monoisotopic (exact) mass is 312 g/mol. The Balaban J connectivity index is 2.08. The first-order valence-corrected chi connectivity index (χ1v) is 6.91. The van der Waals surface area contributed by atoms with Gasteiger partial charge < -0.3 is 14.9 Å². The molecule has 0 atom stereocenters. The Bertz CT molecular complexity index is 443. The molecular weight excluding hydrogens is 296 g/mol. The second-order valence-corrected chi connectivity index (χ2v) is 5.30. The molecule has 1 heterocycles. The summed E-state index contributed by atoms with van der Waals surface area (Å²) < 4.78 is 0.771. The first-order valence-electron chi connectivity index (χ1n) is 6.12. The van der Waals surface area contributed by atoms with Crippen LogP contribution in [0.3, 0.4) is 0 Å². The van der Waals surface area contributed by atoms with Crippen LogP contribution in [-0.4, -0.2) is 53.5 Å². The fraction of sp³-hybridized carbons (Fsp3) is 0.462. The van der Waals surface area contributed by atoms with Crippen molar-refractivity contribution in [3.05, 3.63) is 28.2 Å².